The number of hydrogen-bond donors (Lipinski definition) is 6. The molecule has 7 unspecified atom stereocenters. The van der Waals surface area contributed by atoms with E-state index in [1.807, 2.05) is 6.08 Å². The fourth-order valence-corrected chi connectivity index (χ4v) is 11.9. The van der Waals surface area contributed by atoms with Crippen molar-refractivity contribution in [1.82, 2.24) is 5.32 Å². The third kappa shape index (κ3) is 57.1. The van der Waals surface area contributed by atoms with Crippen molar-refractivity contribution in [2.45, 2.75) is 403 Å². The number of rotatable bonds is 68. The van der Waals surface area contributed by atoms with Crippen LogP contribution in [0.15, 0.2) is 72.9 Å². The van der Waals surface area contributed by atoms with Gasteiger partial charge >= 0.3 is 5.97 Å². The first-order valence-corrected chi connectivity index (χ1v) is 38.7. The van der Waals surface area contributed by atoms with E-state index in [0.29, 0.717) is 19.4 Å². The number of amides is 1. The maximum Gasteiger partial charge on any atom is 0.305 e. The van der Waals surface area contributed by atoms with E-state index in [-0.39, 0.29) is 18.5 Å². The lowest BCUT2D eigenvalue weighted by molar-refractivity contribution is -0.302. The Hall–Kier alpha value is -2.90. The molecule has 11 heteroatoms. The molecule has 0 aliphatic carbocycles. The first-order chi connectivity index (χ1) is 44.7. The number of esters is 1. The molecule has 0 aromatic heterocycles. The van der Waals surface area contributed by atoms with E-state index in [1.165, 1.54) is 263 Å². The lowest BCUT2D eigenvalue weighted by Gasteiger charge is -2.40. The highest BCUT2D eigenvalue weighted by Gasteiger charge is 2.44. The van der Waals surface area contributed by atoms with Gasteiger partial charge in [0.1, 0.15) is 24.4 Å². The molecule has 1 rings (SSSR count). The topological polar surface area (TPSA) is 175 Å². The van der Waals surface area contributed by atoms with Crippen LogP contribution in [0.5, 0.6) is 0 Å². The Morgan fingerprint density at radius 1 is 0.407 bits per heavy atom. The van der Waals surface area contributed by atoms with Crippen molar-refractivity contribution < 1.29 is 49.3 Å². The summed E-state index contributed by atoms with van der Waals surface area (Å²) in [7, 11) is 0. The number of aliphatic hydroxyl groups excluding tert-OH is 5. The molecule has 0 spiro atoms. The molecule has 1 aliphatic rings. The SMILES string of the molecule is CCC/C=C\C/C=C\CCCCCCCC(=O)OCCCCCCCCCCCCCCC/C=C\C/C=C\CCCCCCCCCCCCCCCCCCCC(=O)NC(COC1OC(CO)C(O)C(O)C1O)C(O)/C=C/CC/C=C/CCCCCCCCC. The summed E-state index contributed by atoms with van der Waals surface area (Å²) in [6.07, 6.45) is 83.5. The standard InChI is InChI=1S/C80H145NO10/c1-3-5-7-9-11-13-15-42-46-50-54-58-62-66-73(83)72(71-90-80-79(88)78(87)77(86)74(70-82)91-80)81-75(84)67-63-59-55-51-47-44-40-38-36-34-32-30-28-26-24-22-20-18-17-19-21-23-25-27-29-31-33-35-37-39-41-45-49-53-57-61-65-69-89-76(85)68-64-60-56-52-48-43-16-14-12-10-8-6-4-2/h8,10,14,16-17,19,23,25,46,50,62,66,72-74,77-80,82-83,86-88H,3-7,9,11-13,15,18,20-22,24,26-45,47-49,51-61,63-65,67-71H2,1-2H3,(H,81,84)/b10-8-,16-14-,19-17-,25-23-,50-46+,66-62+. The highest BCUT2D eigenvalue weighted by Crippen LogP contribution is 2.23. The number of nitrogens with one attached hydrogen (secondary N) is 1. The number of carbonyl (C=O) groups excluding carboxylic acids is 2. The Bertz CT molecular complexity index is 1740. The molecule has 0 radical (unpaired) electrons. The predicted molar refractivity (Wildman–Crippen MR) is 384 cm³/mol. The molecule has 0 saturated carbocycles. The van der Waals surface area contributed by atoms with Gasteiger partial charge in [0.15, 0.2) is 6.29 Å². The number of aliphatic hydroxyl groups is 5. The van der Waals surface area contributed by atoms with Crippen LogP contribution >= 0.6 is 0 Å². The second-order valence-corrected chi connectivity index (χ2v) is 26.7. The lowest BCUT2D eigenvalue weighted by Crippen LogP contribution is -2.60. The second kappa shape index (κ2) is 68.5. The highest BCUT2D eigenvalue weighted by atomic mass is 16.7. The predicted octanol–water partition coefficient (Wildman–Crippen LogP) is 20.6. The van der Waals surface area contributed by atoms with Crippen LogP contribution in [-0.4, -0.2) is 100 Å². The van der Waals surface area contributed by atoms with E-state index in [4.69, 9.17) is 14.2 Å². The zero-order valence-electron chi connectivity index (χ0n) is 59.1. The van der Waals surface area contributed by atoms with Crippen LogP contribution in [0.2, 0.25) is 0 Å². The zero-order chi connectivity index (χ0) is 65.8. The molecule has 1 saturated heterocycles. The number of unbranched alkanes of at least 4 members (excludes halogenated alkanes) is 44. The first kappa shape index (κ1) is 86.1. The van der Waals surface area contributed by atoms with Crippen LogP contribution in [-0.2, 0) is 23.8 Å². The van der Waals surface area contributed by atoms with E-state index >= 15 is 0 Å². The molecule has 1 heterocycles. The third-order valence-corrected chi connectivity index (χ3v) is 18.0. The molecule has 1 amide bonds. The van der Waals surface area contributed by atoms with Gasteiger partial charge in [-0.05, 0) is 103 Å². The smallest absolute Gasteiger partial charge is 0.305 e. The van der Waals surface area contributed by atoms with Crippen LogP contribution in [0.4, 0.5) is 0 Å². The highest BCUT2D eigenvalue weighted by molar-refractivity contribution is 5.76. The molecule has 1 fully saturated rings. The lowest BCUT2D eigenvalue weighted by atomic mass is 9.99. The van der Waals surface area contributed by atoms with Crippen molar-refractivity contribution >= 4 is 11.9 Å². The first-order valence-electron chi connectivity index (χ1n) is 38.7. The minimum Gasteiger partial charge on any atom is -0.466 e. The molecule has 11 nitrogen and oxygen atoms in total. The maximum absolute atomic E-state index is 13.1. The van der Waals surface area contributed by atoms with Crippen LogP contribution in [0.1, 0.15) is 361 Å². The average Bonchev–Trinajstić information content (AvgIpc) is 2.14. The van der Waals surface area contributed by atoms with Gasteiger partial charge in [0.2, 0.25) is 5.91 Å². The molecular weight excluding hydrogens is 1130 g/mol. The van der Waals surface area contributed by atoms with Gasteiger partial charge in [-0.1, -0.05) is 318 Å². The molecule has 6 N–H and O–H groups in total. The van der Waals surface area contributed by atoms with Crippen molar-refractivity contribution in [1.29, 1.82) is 0 Å². The summed E-state index contributed by atoms with van der Waals surface area (Å²) < 4.78 is 16.7. The molecule has 1 aliphatic heterocycles. The molecule has 530 valence electrons. The average molecular weight is 1280 g/mol. The summed E-state index contributed by atoms with van der Waals surface area (Å²) >= 11 is 0. The minimum absolute atomic E-state index is 0.00326. The van der Waals surface area contributed by atoms with Gasteiger partial charge in [-0.2, -0.15) is 0 Å². The normalized spacial score (nSPS) is 18.0. The van der Waals surface area contributed by atoms with E-state index in [9.17, 15) is 35.1 Å². The van der Waals surface area contributed by atoms with Crippen molar-refractivity contribution in [3.8, 4) is 0 Å². The molecule has 7 atom stereocenters. The Balaban J connectivity index is 1.93. The number of ether oxygens (including phenoxy) is 3. The summed E-state index contributed by atoms with van der Waals surface area (Å²) in [5.74, 6) is -0.192. The number of allylic oxidation sites excluding steroid dienone is 11. The van der Waals surface area contributed by atoms with Gasteiger partial charge < -0.3 is 45.1 Å². The van der Waals surface area contributed by atoms with E-state index in [1.54, 1.807) is 6.08 Å². The van der Waals surface area contributed by atoms with Crippen molar-refractivity contribution in [3.63, 3.8) is 0 Å². The van der Waals surface area contributed by atoms with E-state index < -0.39 is 49.5 Å². The molecule has 91 heavy (non-hydrogen) atoms. The van der Waals surface area contributed by atoms with Crippen LogP contribution in [0.25, 0.3) is 0 Å². The third-order valence-electron chi connectivity index (χ3n) is 18.0. The van der Waals surface area contributed by atoms with Crippen molar-refractivity contribution in [3.05, 3.63) is 72.9 Å². The minimum atomic E-state index is -1.58. The van der Waals surface area contributed by atoms with Crippen LogP contribution < -0.4 is 5.32 Å². The van der Waals surface area contributed by atoms with Gasteiger partial charge in [0, 0.05) is 12.8 Å². The summed E-state index contributed by atoms with van der Waals surface area (Å²) in [6.45, 7) is 4.28. The Morgan fingerprint density at radius 2 is 0.769 bits per heavy atom. The fourth-order valence-electron chi connectivity index (χ4n) is 11.9. The Kier molecular flexibility index (Phi) is 64.8. The molecule has 0 bridgehead atoms. The maximum atomic E-state index is 13.1. The van der Waals surface area contributed by atoms with Crippen LogP contribution in [0.3, 0.4) is 0 Å². The molecular formula is C80H145NO10. The zero-order valence-corrected chi connectivity index (χ0v) is 59.1. The number of carbonyl (C=O) groups is 2. The summed E-state index contributed by atoms with van der Waals surface area (Å²) in [6, 6.07) is -0.827. The van der Waals surface area contributed by atoms with Gasteiger partial charge in [0.25, 0.3) is 0 Å². The summed E-state index contributed by atoms with van der Waals surface area (Å²) in [5.41, 5.74) is 0. The molecule has 0 aromatic carbocycles. The van der Waals surface area contributed by atoms with Crippen molar-refractivity contribution in [2.75, 3.05) is 19.8 Å². The number of hydrogen-bond acceptors (Lipinski definition) is 10. The van der Waals surface area contributed by atoms with Gasteiger partial charge in [0.05, 0.1) is 32.0 Å². The van der Waals surface area contributed by atoms with E-state index in [2.05, 4.69) is 79.9 Å². The van der Waals surface area contributed by atoms with Gasteiger partial charge in [-0.25, -0.2) is 0 Å². The van der Waals surface area contributed by atoms with E-state index in [0.717, 1.165) is 70.6 Å². The second-order valence-electron chi connectivity index (χ2n) is 26.7. The van der Waals surface area contributed by atoms with Gasteiger partial charge in [-0.3, -0.25) is 9.59 Å². The summed E-state index contributed by atoms with van der Waals surface area (Å²) in [5, 5.41) is 54.5. The quantitative estimate of drug-likeness (QED) is 0.0195. The largest absolute Gasteiger partial charge is 0.466 e. The van der Waals surface area contributed by atoms with Crippen LogP contribution in [0, 0.1) is 0 Å². The monoisotopic (exact) mass is 1280 g/mol. The summed E-state index contributed by atoms with van der Waals surface area (Å²) in [4.78, 5) is 25.1. The Labute approximate surface area is 560 Å². The fraction of sp³-hybridized carbons (Fsp3) is 0.825. The Morgan fingerprint density at radius 3 is 1.20 bits per heavy atom. The van der Waals surface area contributed by atoms with Gasteiger partial charge in [-0.15, -0.1) is 0 Å². The molecule has 0 aromatic rings. The van der Waals surface area contributed by atoms with Crippen molar-refractivity contribution in [2.24, 2.45) is 0 Å².